The molecule has 0 spiro atoms. The van der Waals surface area contributed by atoms with Gasteiger partial charge in [0, 0.05) is 11.6 Å². The molecule has 1 aromatic heterocycles. The highest BCUT2D eigenvalue weighted by molar-refractivity contribution is 7.17. The van der Waals surface area contributed by atoms with E-state index in [4.69, 9.17) is 16.3 Å². The average molecular weight is 360 g/mol. The van der Waals surface area contributed by atoms with E-state index in [-0.39, 0.29) is 10.4 Å². The molecule has 0 aliphatic heterocycles. The highest BCUT2D eigenvalue weighted by Crippen LogP contribution is 2.22. The van der Waals surface area contributed by atoms with E-state index in [1.54, 1.807) is 6.07 Å². The zero-order valence-electron chi connectivity index (χ0n) is 11.9. The molecule has 0 saturated heterocycles. The number of rotatable bonds is 5. The zero-order chi connectivity index (χ0) is 17.0. The lowest BCUT2D eigenvalue weighted by Crippen LogP contribution is -2.31. The molecule has 0 bridgehead atoms. The molecule has 8 heteroatoms. The van der Waals surface area contributed by atoms with Crippen molar-refractivity contribution in [3.05, 3.63) is 56.7 Å². The van der Waals surface area contributed by atoms with Gasteiger partial charge in [-0.15, -0.1) is 11.3 Å². The van der Waals surface area contributed by atoms with Crippen LogP contribution < -0.4 is 5.32 Å². The van der Waals surface area contributed by atoms with Crippen molar-refractivity contribution in [3.8, 4) is 0 Å². The molecule has 0 fully saturated rings. The molecule has 0 unspecified atom stereocenters. The molecule has 23 heavy (non-hydrogen) atoms. The summed E-state index contributed by atoms with van der Waals surface area (Å²) in [6, 6.07) is 5.42. The van der Waals surface area contributed by atoms with Crippen molar-refractivity contribution < 1.29 is 23.1 Å². The Morgan fingerprint density at radius 1 is 1.30 bits per heavy atom. The van der Waals surface area contributed by atoms with Crippen LogP contribution in [0.5, 0.6) is 0 Å². The van der Waals surface area contributed by atoms with Gasteiger partial charge < -0.3 is 10.1 Å². The van der Waals surface area contributed by atoms with Crippen LogP contribution in [0, 0.1) is 11.6 Å². The minimum absolute atomic E-state index is 0.135. The monoisotopic (exact) mass is 359 g/mol. The van der Waals surface area contributed by atoms with Crippen molar-refractivity contribution in [3.63, 3.8) is 0 Å². The van der Waals surface area contributed by atoms with E-state index in [9.17, 15) is 18.4 Å². The van der Waals surface area contributed by atoms with Crippen molar-refractivity contribution in [2.45, 2.75) is 13.0 Å². The van der Waals surface area contributed by atoms with Crippen LogP contribution in [0.2, 0.25) is 4.34 Å². The molecule has 122 valence electrons. The van der Waals surface area contributed by atoms with Gasteiger partial charge in [-0.1, -0.05) is 17.7 Å². The number of ether oxygens (including phenoxy) is 1. The molecule has 2 aromatic rings. The third-order valence-electron chi connectivity index (χ3n) is 2.92. The number of esters is 1. The van der Waals surface area contributed by atoms with Crippen molar-refractivity contribution in [2.75, 3.05) is 6.61 Å². The summed E-state index contributed by atoms with van der Waals surface area (Å²) in [5.41, 5.74) is 0.135. The number of carbonyl (C=O) groups is 2. The predicted molar refractivity (Wildman–Crippen MR) is 82.5 cm³/mol. The van der Waals surface area contributed by atoms with Crippen LogP contribution in [0.15, 0.2) is 30.3 Å². The van der Waals surface area contributed by atoms with Gasteiger partial charge in [0.1, 0.15) is 16.5 Å². The molecule has 0 saturated carbocycles. The second-order valence-corrected chi connectivity index (χ2v) is 6.35. The van der Waals surface area contributed by atoms with Gasteiger partial charge >= 0.3 is 5.97 Å². The first-order valence-corrected chi connectivity index (χ1v) is 7.73. The number of benzene rings is 1. The van der Waals surface area contributed by atoms with Gasteiger partial charge in [-0.3, -0.25) is 4.79 Å². The van der Waals surface area contributed by atoms with Crippen molar-refractivity contribution >= 4 is 34.8 Å². The van der Waals surface area contributed by atoms with E-state index in [0.29, 0.717) is 4.34 Å². The maximum absolute atomic E-state index is 13.6. The van der Waals surface area contributed by atoms with Gasteiger partial charge in [0.2, 0.25) is 0 Å². The molecule has 2 rings (SSSR count). The molecular weight excluding hydrogens is 348 g/mol. The van der Waals surface area contributed by atoms with Crippen molar-refractivity contribution in [1.29, 1.82) is 0 Å². The fraction of sp³-hybridized carbons (Fsp3) is 0.200. The van der Waals surface area contributed by atoms with Gasteiger partial charge in [-0.05, 0) is 25.1 Å². The summed E-state index contributed by atoms with van der Waals surface area (Å²) in [6.07, 6.45) is 0. The van der Waals surface area contributed by atoms with Gasteiger partial charge in [-0.25, -0.2) is 13.6 Å². The molecule has 1 amide bonds. The van der Waals surface area contributed by atoms with E-state index < -0.39 is 36.2 Å². The Morgan fingerprint density at radius 3 is 2.65 bits per heavy atom. The Kier molecular flexibility index (Phi) is 5.68. The SMILES string of the molecule is C[C@H](NC(=O)COC(=O)c1ccc(Cl)s1)c1ccc(F)cc1F. The highest BCUT2D eigenvalue weighted by atomic mass is 35.5. The summed E-state index contributed by atoms with van der Waals surface area (Å²) in [6.45, 7) is 1.02. The fourth-order valence-electron chi connectivity index (χ4n) is 1.84. The summed E-state index contributed by atoms with van der Waals surface area (Å²) in [5.74, 6) is -2.73. The van der Waals surface area contributed by atoms with Crippen LogP contribution in [-0.4, -0.2) is 18.5 Å². The lowest BCUT2D eigenvalue weighted by Gasteiger charge is -2.15. The molecule has 4 nitrogen and oxygen atoms in total. The quantitative estimate of drug-likeness (QED) is 0.828. The molecule has 1 N–H and O–H groups in total. The topological polar surface area (TPSA) is 55.4 Å². The van der Waals surface area contributed by atoms with Crippen LogP contribution in [0.1, 0.15) is 28.2 Å². The minimum atomic E-state index is -0.761. The average Bonchev–Trinajstić information content (AvgIpc) is 2.91. The maximum Gasteiger partial charge on any atom is 0.348 e. The number of amides is 1. The fourth-order valence-corrected chi connectivity index (χ4v) is 2.78. The van der Waals surface area contributed by atoms with Crippen LogP contribution in [0.4, 0.5) is 8.78 Å². The number of carbonyl (C=O) groups excluding carboxylic acids is 2. The van der Waals surface area contributed by atoms with Gasteiger partial charge in [-0.2, -0.15) is 0 Å². The third-order valence-corrected chi connectivity index (χ3v) is 4.13. The van der Waals surface area contributed by atoms with Crippen LogP contribution in [0.3, 0.4) is 0 Å². The maximum atomic E-state index is 13.6. The number of hydrogen-bond donors (Lipinski definition) is 1. The summed E-state index contributed by atoms with van der Waals surface area (Å²) in [5, 5.41) is 2.47. The zero-order valence-corrected chi connectivity index (χ0v) is 13.5. The molecule has 1 heterocycles. The number of thiophene rings is 1. The van der Waals surface area contributed by atoms with Crippen LogP contribution in [0.25, 0.3) is 0 Å². The standard InChI is InChI=1S/C15H12ClF2NO3S/c1-8(10-3-2-9(17)6-11(10)18)19-14(20)7-22-15(21)12-4-5-13(16)23-12/h2-6,8H,7H2,1H3,(H,19,20)/t8-/m0/s1. The number of halogens is 3. The Labute approximate surface area is 140 Å². The summed E-state index contributed by atoms with van der Waals surface area (Å²) in [7, 11) is 0. The largest absolute Gasteiger partial charge is 0.451 e. The first-order chi connectivity index (χ1) is 10.9. The van der Waals surface area contributed by atoms with Crippen LogP contribution >= 0.6 is 22.9 Å². The Bertz CT molecular complexity index is 735. The second-order valence-electron chi connectivity index (χ2n) is 4.63. The molecule has 0 radical (unpaired) electrons. The van der Waals surface area contributed by atoms with E-state index >= 15 is 0 Å². The van der Waals surface area contributed by atoms with Crippen molar-refractivity contribution in [1.82, 2.24) is 5.32 Å². The molecule has 1 aromatic carbocycles. The van der Waals surface area contributed by atoms with Gasteiger partial charge in [0.15, 0.2) is 6.61 Å². The lowest BCUT2D eigenvalue weighted by atomic mass is 10.1. The van der Waals surface area contributed by atoms with E-state index in [1.807, 2.05) is 0 Å². The van der Waals surface area contributed by atoms with Crippen LogP contribution in [-0.2, 0) is 9.53 Å². The summed E-state index contributed by atoms with van der Waals surface area (Å²) < 4.78 is 31.7. The lowest BCUT2D eigenvalue weighted by molar-refractivity contribution is -0.124. The van der Waals surface area contributed by atoms with E-state index in [2.05, 4.69) is 5.32 Å². The Morgan fingerprint density at radius 2 is 2.04 bits per heavy atom. The van der Waals surface area contributed by atoms with Crippen molar-refractivity contribution in [2.24, 2.45) is 0 Å². The Balaban J connectivity index is 1.88. The summed E-state index contributed by atoms with van der Waals surface area (Å²) in [4.78, 5) is 23.7. The van der Waals surface area contributed by atoms with E-state index in [1.165, 1.54) is 19.1 Å². The smallest absolute Gasteiger partial charge is 0.348 e. The predicted octanol–water partition coefficient (Wildman–Crippen LogP) is 3.71. The van der Waals surface area contributed by atoms with E-state index in [0.717, 1.165) is 23.5 Å². The minimum Gasteiger partial charge on any atom is -0.451 e. The molecule has 0 aliphatic carbocycles. The normalized spacial score (nSPS) is 11.8. The molecule has 1 atom stereocenters. The first-order valence-electron chi connectivity index (χ1n) is 6.53. The second kappa shape index (κ2) is 7.52. The Hall–Kier alpha value is -1.99. The first kappa shape index (κ1) is 17.4. The van der Waals surface area contributed by atoms with Gasteiger partial charge in [0.25, 0.3) is 5.91 Å². The summed E-state index contributed by atoms with van der Waals surface area (Å²) >= 11 is 6.73. The molecule has 0 aliphatic rings. The number of hydrogen-bond acceptors (Lipinski definition) is 4. The highest BCUT2D eigenvalue weighted by Gasteiger charge is 2.16. The van der Waals surface area contributed by atoms with Gasteiger partial charge in [0.05, 0.1) is 10.4 Å². The number of nitrogens with one attached hydrogen (secondary N) is 1. The molecular formula is C15H12ClF2NO3S. The third kappa shape index (κ3) is 4.74.